The van der Waals surface area contributed by atoms with Crippen LogP contribution in [0.1, 0.15) is 18.7 Å². The first kappa shape index (κ1) is 26.8. The molecule has 6 aromatic rings. The lowest BCUT2D eigenvalue weighted by Gasteiger charge is -2.17. The molecule has 1 atom stereocenters. The Morgan fingerprint density at radius 3 is 2.36 bits per heavy atom. The second kappa shape index (κ2) is 10.5. The number of fused-ring (bicyclic) bond motifs is 2. The lowest BCUT2D eigenvalue weighted by atomic mass is 9.99. The highest BCUT2D eigenvalue weighted by Gasteiger charge is 2.28. The van der Waals surface area contributed by atoms with E-state index in [2.05, 4.69) is 9.97 Å². The molecule has 0 aliphatic heterocycles. The minimum Gasteiger partial charge on any atom is -0.493 e. The molecule has 0 spiro atoms. The van der Waals surface area contributed by atoms with Crippen molar-refractivity contribution in [2.75, 3.05) is 27.1 Å². The monoisotopic (exact) mass is 567 g/mol. The smallest absolute Gasteiger partial charge is 0.203 e. The van der Waals surface area contributed by atoms with Gasteiger partial charge in [0.2, 0.25) is 11.2 Å². The highest BCUT2D eigenvalue weighted by atomic mass is 19.1. The molecule has 0 bridgehead atoms. The first-order valence-electron chi connectivity index (χ1n) is 13.0. The van der Waals surface area contributed by atoms with E-state index in [0.717, 1.165) is 0 Å². The van der Waals surface area contributed by atoms with Gasteiger partial charge in [-0.15, -0.1) is 0 Å². The maximum absolute atomic E-state index is 14.4. The molecule has 0 aliphatic rings. The Kier molecular flexibility index (Phi) is 6.69. The van der Waals surface area contributed by atoms with Gasteiger partial charge >= 0.3 is 0 Å². The molecule has 0 saturated carbocycles. The normalized spacial score (nSPS) is 12.0. The number of benzene rings is 3. The van der Waals surface area contributed by atoms with Crippen LogP contribution in [0, 0.1) is 5.82 Å². The van der Waals surface area contributed by atoms with E-state index in [1.165, 1.54) is 39.8 Å². The Balaban J connectivity index is 1.63. The number of aromatic nitrogens is 4. The Hall–Kier alpha value is -5.45. The molecule has 212 valence electrons. The fraction of sp³-hybridized carbons (Fsp3) is 0.161. The topological polar surface area (TPSA) is 128 Å². The first-order valence-corrected chi connectivity index (χ1v) is 13.0. The molecule has 2 N–H and O–H groups in total. The fourth-order valence-electron chi connectivity index (χ4n) is 5.17. The molecule has 1 unspecified atom stereocenters. The number of ether oxygens (including phenoxy) is 3. The highest BCUT2D eigenvalue weighted by molar-refractivity contribution is 5.99. The van der Waals surface area contributed by atoms with E-state index in [9.17, 15) is 9.18 Å². The number of nitrogen functional groups attached to an aromatic ring is 1. The van der Waals surface area contributed by atoms with Gasteiger partial charge in [0.1, 0.15) is 41.0 Å². The summed E-state index contributed by atoms with van der Waals surface area (Å²) in [5, 5.41) is 5.77. The van der Waals surface area contributed by atoms with Crippen molar-refractivity contribution in [2.24, 2.45) is 0 Å². The number of nitrogens with two attached hydrogens (primary N) is 1. The largest absolute Gasteiger partial charge is 0.493 e. The number of rotatable bonds is 7. The maximum Gasteiger partial charge on any atom is 0.203 e. The van der Waals surface area contributed by atoms with E-state index in [1.54, 1.807) is 53.2 Å². The average Bonchev–Trinajstić information content (AvgIpc) is 3.41. The van der Waals surface area contributed by atoms with Gasteiger partial charge in [0.05, 0.1) is 37.7 Å². The van der Waals surface area contributed by atoms with E-state index >= 15 is 0 Å². The molecule has 3 heterocycles. The molecule has 3 aromatic carbocycles. The second-order valence-corrected chi connectivity index (χ2v) is 9.52. The highest BCUT2D eigenvalue weighted by Crippen LogP contribution is 2.43. The third kappa shape index (κ3) is 4.26. The summed E-state index contributed by atoms with van der Waals surface area (Å²) < 4.78 is 38.9. The fourth-order valence-corrected chi connectivity index (χ4v) is 5.17. The minimum atomic E-state index is -0.687. The molecule has 0 radical (unpaired) electrons. The van der Waals surface area contributed by atoms with Crippen LogP contribution in [-0.4, -0.2) is 41.1 Å². The van der Waals surface area contributed by atoms with Gasteiger partial charge < -0.3 is 24.4 Å². The van der Waals surface area contributed by atoms with Crippen molar-refractivity contribution in [1.82, 2.24) is 19.7 Å². The predicted octanol–water partition coefficient (Wildman–Crippen LogP) is 5.62. The molecular weight excluding hydrogens is 541 g/mol. The SMILES string of the molecule is COc1cc(-c2nn(C(C)c3oc4ccccc4c(=O)c3-c3cccc(F)c3)c3ncnc(N)c23)cc(OC)c1OC. The van der Waals surface area contributed by atoms with Gasteiger partial charge in [-0.25, -0.2) is 19.0 Å². The van der Waals surface area contributed by atoms with Crippen LogP contribution < -0.4 is 25.4 Å². The molecule has 0 fully saturated rings. The number of hydrogen-bond donors (Lipinski definition) is 1. The van der Waals surface area contributed by atoms with Crippen LogP contribution in [0.15, 0.2) is 76.2 Å². The zero-order chi connectivity index (χ0) is 29.5. The molecule has 0 aliphatic carbocycles. The van der Waals surface area contributed by atoms with Crippen LogP contribution in [0.4, 0.5) is 10.2 Å². The van der Waals surface area contributed by atoms with Gasteiger partial charge in [0.15, 0.2) is 17.1 Å². The number of para-hydroxylation sites is 1. The Bertz CT molecular complexity index is 2010. The molecule has 10 nitrogen and oxygen atoms in total. The van der Waals surface area contributed by atoms with Gasteiger partial charge in [-0.3, -0.25) is 4.79 Å². The van der Waals surface area contributed by atoms with E-state index in [-0.39, 0.29) is 22.6 Å². The standard InChI is InChI=1S/C31H26FN5O5/c1-16(28-24(17-8-7-9-19(32)12-17)27(38)20-10-5-6-11-21(20)42-28)37-31-25(30(33)34-15-35-31)26(36-37)18-13-22(39-2)29(41-4)23(14-18)40-3/h5-16H,1-4H3,(H2,33,34,35). The minimum absolute atomic E-state index is 0.201. The number of methoxy groups -OCH3 is 3. The van der Waals surface area contributed by atoms with Crippen LogP contribution >= 0.6 is 0 Å². The summed E-state index contributed by atoms with van der Waals surface area (Å²) in [6, 6.07) is 15.6. The summed E-state index contributed by atoms with van der Waals surface area (Å²) in [6.07, 6.45) is 1.34. The summed E-state index contributed by atoms with van der Waals surface area (Å²) in [5.41, 5.74) is 8.53. The summed E-state index contributed by atoms with van der Waals surface area (Å²) in [7, 11) is 4.56. The van der Waals surface area contributed by atoms with Crippen LogP contribution in [0.5, 0.6) is 17.2 Å². The maximum atomic E-state index is 14.4. The van der Waals surface area contributed by atoms with Crippen LogP contribution in [-0.2, 0) is 0 Å². The van der Waals surface area contributed by atoms with Gasteiger partial charge in [-0.2, -0.15) is 5.10 Å². The van der Waals surface area contributed by atoms with E-state index in [4.69, 9.17) is 29.5 Å². The zero-order valence-corrected chi connectivity index (χ0v) is 23.2. The van der Waals surface area contributed by atoms with Crippen molar-refractivity contribution in [3.05, 3.63) is 88.8 Å². The number of halogens is 1. The Morgan fingerprint density at radius 2 is 1.67 bits per heavy atom. The van der Waals surface area contributed by atoms with Crippen molar-refractivity contribution in [3.8, 4) is 39.6 Å². The summed E-state index contributed by atoms with van der Waals surface area (Å²) in [6.45, 7) is 1.82. The second-order valence-electron chi connectivity index (χ2n) is 9.52. The summed E-state index contributed by atoms with van der Waals surface area (Å²) in [5.74, 6) is 1.27. The number of anilines is 1. The summed E-state index contributed by atoms with van der Waals surface area (Å²) in [4.78, 5) is 22.5. The van der Waals surface area contributed by atoms with Gasteiger partial charge in [0.25, 0.3) is 0 Å². The van der Waals surface area contributed by atoms with E-state index in [0.29, 0.717) is 56.1 Å². The average molecular weight is 568 g/mol. The molecule has 0 amide bonds. The lowest BCUT2D eigenvalue weighted by molar-refractivity contribution is 0.324. The molecule has 42 heavy (non-hydrogen) atoms. The molecule has 0 saturated heterocycles. The first-order chi connectivity index (χ1) is 20.4. The van der Waals surface area contributed by atoms with Gasteiger partial charge in [-0.05, 0) is 48.9 Å². The van der Waals surface area contributed by atoms with E-state index in [1.807, 2.05) is 6.92 Å². The van der Waals surface area contributed by atoms with Crippen molar-refractivity contribution in [2.45, 2.75) is 13.0 Å². The van der Waals surface area contributed by atoms with Crippen molar-refractivity contribution >= 4 is 27.8 Å². The predicted molar refractivity (Wildman–Crippen MR) is 157 cm³/mol. The third-order valence-electron chi connectivity index (χ3n) is 7.14. The van der Waals surface area contributed by atoms with Crippen molar-refractivity contribution in [1.29, 1.82) is 0 Å². The molecule has 11 heteroatoms. The van der Waals surface area contributed by atoms with Crippen LogP contribution in [0.25, 0.3) is 44.4 Å². The quantitative estimate of drug-likeness (QED) is 0.261. The van der Waals surface area contributed by atoms with Crippen LogP contribution in [0.2, 0.25) is 0 Å². The van der Waals surface area contributed by atoms with E-state index < -0.39 is 11.9 Å². The molecule has 6 rings (SSSR count). The Labute approximate surface area is 239 Å². The van der Waals surface area contributed by atoms with Crippen molar-refractivity contribution in [3.63, 3.8) is 0 Å². The zero-order valence-electron chi connectivity index (χ0n) is 23.2. The summed E-state index contributed by atoms with van der Waals surface area (Å²) >= 11 is 0. The van der Waals surface area contributed by atoms with Crippen LogP contribution in [0.3, 0.4) is 0 Å². The number of nitrogens with zero attached hydrogens (tertiary/aromatic N) is 4. The number of hydrogen-bond acceptors (Lipinski definition) is 9. The molecule has 3 aromatic heterocycles. The van der Waals surface area contributed by atoms with Crippen molar-refractivity contribution < 1.29 is 23.0 Å². The van der Waals surface area contributed by atoms with Gasteiger partial charge in [-0.1, -0.05) is 24.3 Å². The van der Waals surface area contributed by atoms with Gasteiger partial charge in [0, 0.05) is 5.56 Å². The molecular formula is C31H26FN5O5. The third-order valence-corrected chi connectivity index (χ3v) is 7.14. The lowest BCUT2D eigenvalue weighted by Crippen LogP contribution is -2.16. The Morgan fingerprint density at radius 1 is 0.929 bits per heavy atom.